The van der Waals surface area contributed by atoms with Crippen LogP contribution in [0.25, 0.3) is 11.1 Å². The van der Waals surface area contributed by atoms with Gasteiger partial charge in [-0.2, -0.15) is 0 Å². The number of carboxylic acids is 1. The Labute approximate surface area is 342 Å². The van der Waals surface area contributed by atoms with Crippen LogP contribution in [0.15, 0.2) is 90.4 Å². The van der Waals surface area contributed by atoms with Crippen molar-refractivity contribution in [3.8, 4) is 28.4 Å². The lowest BCUT2D eigenvalue weighted by molar-refractivity contribution is -0.122. The summed E-state index contributed by atoms with van der Waals surface area (Å²) in [6.07, 6.45) is 3.43. The van der Waals surface area contributed by atoms with E-state index in [2.05, 4.69) is 46.9 Å². The average molecular weight is 809 g/mol. The first kappa shape index (κ1) is 42.0. The topological polar surface area (TPSA) is 148 Å². The zero-order chi connectivity index (χ0) is 41.2. The Morgan fingerprint density at radius 1 is 0.966 bits per heavy atom. The monoisotopic (exact) mass is 808 g/mol. The van der Waals surface area contributed by atoms with Crippen LogP contribution in [0.1, 0.15) is 72.6 Å². The first-order chi connectivity index (χ1) is 27.9. The molecular weight excluding hydrogens is 760 g/mol. The fraction of sp³-hybridized carbons (Fsp3) is 0.333. The van der Waals surface area contributed by atoms with Crippen molar-refractivity contribution in [1.82, 2.24) is 15.6 Å². The number of anilines is 1. The van der Waals surface area contributed by atoms with Gasteiger partial charge in [0.2, 0.25) is 11.8 Å². The summed E-state index contributed by atoms with van der Waals surface area (Å²) in [4.78, 5) is 41.4. The van der Waals surface area contributed by atoms with E-state index in [-0.39, 0.29) is 54.2 Å². The second-order valence-corrected chi connectivity index (χ2v) is 15.9. The van der Waals surface area contributed by atoms with Gasteiger partial charge >= 0.3 is 5.97 Å². The van der Waals surface area contributed by atoms with Crippen LogP contribution in [-0.2, 0) is 32.7 Å². The number of ether oxygens (including phenoxy) is 3. The van der Waals surface area contributed by atoms with Gasteiger partial charge in [-0.15, -0.1) is 11.3 Å². The van der Waals surface area contributed by atoms with E-state index in [1.807, 2.05) is 38.1 Å². The standard InChI is InChI=1S/C45H49FN4O7S/c1-28(2)23-30-5-7-31(8-6-30)29(3)42(52)47-17-19-55-20-21-56-39-24-34-15-16-49-45(4,27-41(51)50-44-48-18-22-58-44)37(34)26-40(39)57-35-13-14-36(38(46)25-35)32-9-11-33(12-10-32)43(53)54/h5-14,18,22,24-26,28-29,49H,15-17,19-21,23,27H2,1-4H3,(H,47,52)(H,53,54)(H,48,50,51)/t29-,45+/m0/s1. The van der Waals surface area contributed by atoms with E-state index in [0.29, 0.717) is 54.2 Å². The third-order valence-electron chi connectivity index (χ3n) is 10.0. The van der Waals surface area contributed by atoms with E-state index in [1.54, 1.807) is 35.8 Å². The van der Waals surface area contributed by atoms with Crippen molar-refractivity contribution in [2.24, 2.45) is 5.92 Å². The maximum Gasteiger partial charge on any atom is 0.335 e. The van der Waals surface area contributed by atoms with Crippen LogP contribution in [-0.4, -0.2) is 60.8 Å². The minimum absolute atomic E-state index is 0.0740. The number of nitrogens with one attached hydrogen (secondary N) is 3. The summed E-state index contributed by atoms with van der Waals surface area (Å²) in [6, 6.07) is 22.4. The fourth-order valence-electron chi connectivity index (χ4n) is 7.00. The van der Waals surface area contributed by atoms with Crippen molar-refractivity contribution in [2.75, 3.05) is 38.2 Å². The number of halogens is 1. The molecule has 0 spiro atoms. The molecule has 1 aliphatic rings. The van der Waals surface area contributed by atoms with Crippen LogP contribution < -0.4 is 25.4 Å². The summed E-state index contributed by atoms with van der Waals surface area (Å²) in [5.41, 5.74) is 4.19. The number of nitrogens with zero attached hydrogens (tertiary/aromatic N) is 1. The highest BCUT2D eigenvalue weighted by Crippen LogP contribution is 2.42. The molecule has 58 heavy (non-hydrogen) atoms. The molecule has 0 unspecified atom stereocenters. The first-order valence-corrected chi connectivity index (χ1v) is 20.3. The van der Waals surface area contributed by atoms with Gasteiger partial charge in [-0.05, 0) is 96.8 Å². The molecule has 0 aliphatic carbocycles. The number of hydrogen-bond acceptors (Lipinski definition) is 9. The lowest BCUT2D eigenvalue weighted by atomic mass is 9.81. The molecule has 0 saturated heterocycles. The van der Waals surface area contributed by atoms with Gasteiger partial charge in [0.1, 0.15) is 18.2 Å². The Morgan fingerprint density at radius 2 is 1.74 bits per heavy atom. The number of aromatic carboxylic acids is 1. The minimum atomic E-state index is -1.06. The van der Waals surface area contributed by atoms with Crippen LogP contribution in [0.4, 0.5) is 9.52 Å². The predicted molar refractivity (Wildman–Crippen MR) is 222 cm³/mol. The molecule has 4 N–H and O–H groups in total. The van der Waals surface area contributed by atoms with E-state index < -0.39 is 17.3 Å². The van der Waals surface area contributed by atoms with Gasteiger partial charge in [0.05, 0.1) is 24.7 Å². The van der Waals surface area contributed by atoms with Crippen molar-refractivity contribution in [3.63, 3.8) is 0 Å². The minimum Gasteiger partial charge on any atom is -0.487 e. The highest BCUT2D eigenvalue weighted by atomic mass is 32.1. The fourth-order valence-corrected chi connectivity index (χ4v) is 7.55. The van der Waals surface area contributed by atoms with Crippen molar-refractivity contribution in [3.05, 3.63) is 124 Å². The summed E-state index contributed by atoms with van der Waals surface area (Å²) in [5, 5.41) is 20.9. The number of rotatable bonds is 18. The van der Waals surface area contributed by atoms with Crippen LogP contribution in [0.5, 0.6) is 17.2 Å². The molecule has 0 fully saturated rings. The molecule has 4 aromatic carbocycles. The quantitative estimate of drug-likeness (QED) is 0.0642. The van der Waals surface area contributed by atoms with Crippen molar-refractivity contribution in [2.45, 2.75) is 58.4 Å². The molecule has 2 atom stereocenters. The molecule has 5 aromatic rings. The van der Waals surface area contributed by atoms with Crippen molar-refractivity contribution < 1.29 is 38.1 Å². The Balaban J connectivity index is 1.12. The molecule has 11 nitrogen and oxygen atoms in total. The molecular formula is C45H49FN4O7S. The molecule has 2 amide bonds. The third kappa shape index (κ3) is 10.9. The number of carbonyl (C=O) groups is 3. The molecule has 304 valence electrons. The second-order valence-electron chi connectivity index (χ2n) is 15.0. The lowest BCUT2D eigenvalue weighted by Gasteiger charge is -2.37. The van der Waals surface area contributed by atoms with E-state index in [4.69, 9.17) is 14.2 Å². The molecule has 1 aliphatic heterocycles. The molecule has 0 bridgehead atoms. The number of amides is 2. The van der Waals surface area contributed by atoms with E-state index in [1.165, 1.54) is 35.1 Å². The van der Waals surface area contributed by atoms with Gasteiger partial charge in [0, 0.05) is 48.3 Å². The van der Waals surface area contributed by atoms with Gasteiger partial charge < -0.3 is 35.3 Å². The molecule has 2 heterocycles. The first-order valence-electron chi connectivity index (χ1n) is 19.4. The van der Waals surface area contributed by atoms with E-state index in [0.717, 1.165) is 23.1 Å². The van der Waals surface area contributed by atoms with Gasteiger partial charge in [0.25, 0.3) is 0 Å². The SMILES string of the molecule is CC(C)Cc1ccc([C@H](C)C(=O)NCCOCCOc2cc3c(cc2Oc2ccc(-c4ccc(C(=O)O)cc4)c(F)c2)[C@@](C)(CC(=O)Nc2nccs2)NCC3)cc1. The number of hydrogen-bond donors (Lipinski definition) is 4. The van der Waals surface area contributed by atoms with Crippen LogP contribution in [0.2, 0.25) is 0 Å². The van der Waals surface area contributed by atoms with Crippen molar-refractivity contribution >= 4 is 34.3 Å². The molecule has 1 aromatic heterocycles. The molecule has 6 rings (SSSR count). The van der Waals surface area contributed by atoms with Crippen LogP contribution in [0.3, 0.4) is 0 Å². The van der Waals surface area contributed by atoms with E-state index >= 15 is 4.39 Å². The van der Waals surface area contributed by atoms with Gasteiger partial charge in [-0.25, -0.2) is 14.2 Å². The number of thiazole rings is 1. The Morgan fingerprint density at radius 3 is 2.43 bits per heavy atom. The lowest BCUT2D eigenvalue weighted by Crippen LogP contribution is -2.47. The summed E-state index contributed by atoms with van der Waals surface area (Å²) in [7, 11) is 0. The zero-order valence-corrected chi connectivity index (χ0v) is 33.9. The number of benzene rings is 4. The summed E-state index contributed by atoms with van der Waals surface area (Å²) in [5.74, 6) is -0.657. The second kappa shape index (κ2) is 19.2. The number of fused-ring (bicyclic) bond motifs is 1. The normalized spacial score (nSPS) is 15.3. The molecule has 13 heteroatoms. The van der Waals surface area contributed by atoms with Gasteiger partial charge in [-0.3, -0.25) is 9.59 Å². The smallest absolute Gasteiger partial charge is 0.335 e. The Bertz CT molecular complexity index is 2200. The summed E-state index contributed by atoms with van der Waals surface area (Å²) in [6.45, 7) is 9.88. The molecule has 0 saturated carbocycles. The van der Waals surface area contributed by atoms with Gasteiger partial charge in [0.15, 0.2) is 16.6 Å². The summed E-state index contributed by atoms with van der Waals surface area (Å²) < 4.78 is 33.9. The van der Waals surface area contributed by atoms with Gasteiger partial charge in [-0.1, -0.05) is 50.2 Å². The zero-order valence-electron chi connectivity index (χ0n) is 33.1. The Hall–Kier alpha value is -5.63. The molecule has 0 radical (unpaired) electrons. The number of aromatic nitrogens is 1. The Kier molecular flexibility index (Phi) is 13.9. The van der Waals surface area contributed by atoms with Crippen molar-refractivity contribution in [1.29, 1.82) is 0 Å². The third-order valence-corrected chi connectivity index (χ3v) is 10.7. The predicted octanol–water partition coefficient (Wildman–Crippen LogP) is 8.34. The van der Waals surface area contributed by atoms with Crippen LogP contribution >= 0.6 is 11.3 Å². The number of carboxylic acid groups (broad SMARTS) is 1. The number of carbonyl (C=O) groups excluding carboxylic acids is 2. The highest BCUT2D eigenvalue weighted by molar-refractivity contribution is 7.13. The average Bonchev–Trinajstić information content (AvgIpc) is 3.70. The van der Waals surface area contributed by atoms with E-state index in [9.17, 15) is 19.5 Å². The van der Waals surface area contributed by atoms with Crippen LogP contribution in [0, 0.1) is 11.7 Å². The highest BCUT2D eigenvalue weighted by Gasteiger charge is 2.35. The maximum atomic E-state index is 15.5. The maximum absolute atomic E-state index is 15.5. The largest absolute Gasteiger partial charge is 0.487 e. The summed E-state index contributed by atoms with van der Waals surface area (Å²) >= 11 is 1.34.